The molecule has 1 heterocycles. The maximum atomic E-state index is 11.8. The molecular weight excluding hydrogens is 288 g/mol. The standard InChI is InChI=1S/C12H18O9/c1-5(14)10(18)9(17)8(4-13)21-12(20,7(3)16)11(10,19)6(2)15/h8-9,13,17-20H,4H2,1-3H3/t8-,9-,10+,11+,12?/m1/s1. The lowest BCUT2D eigenvalue weighted by Crippen LogP contribution is -2.85. The van der Waals surface area contributed by atoms with Crippen molar-refractivity contribution in [2.75, 3.05) is 6.61 Å². The first-order valence-electron chi connectivity index (χ1n) is 6.08. The Labute approximate surface area is 119 Å². The van der Waals surface area contributed by atoms with Gasteiger partial charge in [-0.2, -0.15) is 0 Å². The smallest absolute Gasteiger partial charge is 0.267 e. The first kappa shape index (κ1) is 17.8. The van der Waals surface area contributed by atoms with Crippen molar-refractivity contribution < 1.29 is 44.7 Å². The lowest BCUT2D eigenvalue weighted by molar-refractivity contribution is -0.374. The summed E-state index contributed by atoms with van der Waals surface area (Å²) in [5.41, 5.74) is -6.66. The van der Waals surface area contributed by atoms with Crippen molar-refractivity contribution in [3.8, 4) is 0 Å². The third-order valence-electron chi connectivity index (χ3n) is 3.85. The molecule has 5 N–H and O–H groups in total. The second kappa shape index (κ2) is 5.20. The van der Waals surface area contributed by atoms with Gasteiger partial charge < -0.3 is 30.3 Å². The molecule has 0 amide bonds. The van der Waals surface area contributed by atoms with Crippen LogP contribution in [0.4, 0.5) is 0 Å². The topological polar surface area (TPSA) is 162 Å². The lowest BCUT2D eigenvalue weighted by atomic mass is 9.64. The Morgan fingerprint density at radius 2 is 1.48 bits per heavy atom. The van der Waals surface area contributed by atoms with E-state index >= 15 is 0 Å². The predicted octanol–water partition coefficient (Wildman–Crippen LogP) is -3.34. The highest BCUT2D eigenvalue weighted by Crippen LogP contribution is 2.45. The van der Waals surface area contributed by atoms with E-state index in [1.54, 1.807) is 0 Å². The van der Waals surface area contributed by atoms with E-state index in [9.17, 15) is 34.8 Å². The fourth-order valence-corrected chi connectivity index (χ4v) is 2.55. The summed E-state index contributed by atoms with van der Waals surface area (Å²) in [6.45, 7) is 1.22. The second-order valence-corrected chi connectivity index (χ2v) is 5.07. The number of carbonyl (C=O) groups excluding carboxylic acids is 3. The van der Waals surface area contributed by atoms with Crippen molar-refractivity contribution in [3.05, 3.63) is 0 Å². The highest BCUT2D eigenvalue weighted by atomic mass is 16.7. The highest BCUT2D eigenvalue weighted by Gasteiger charge is 2.77. The number of aliphatic hydroxyl groups excluding tert-OH is 2. The number of hydrogen-bond donors (Lipinski definition) is 5. The Balaban J connectivity index is 3.74. The minimum Gasteiger partial charge on any atom is -0.394 e. The van der Waals surface area contributed by atoms with Crippen LogP contribution in [0.5, 0.6) is 0 Å². The first-order chi connectivity index (χ1) is 9.41. The minimum atomic E-state index is -3.43. The Morgan fingerprint density at radius 3 is 1.76 bits per heavy atom. The molecule has 0 aliphatic carbocycles. The molecule has 120 valence electrons. The number of hydrogen-bond acceptors (Lipinski definition) is 9. The van der Waals surface area contributed by atoms with E-state index in [1.807, 2.05) is 0 Å². The third kappa shape index (κ3) is 1.97. The van der Waals surface area contributed by atoms with Gasteiger partial charge in [0.1, 0.15) is 12.2 Å². The van der Waals surface area contributed by atoms with Crippen molar-refractivity contribution in [1.82, 2.24) is 0 Å². The van der Waals surface area contributed by atoms with Crippen LogP contribution < -0.4 is 0 Å². The minimum absolute atomic E-state index is 0.706. The molecule has 0 aromatic rings. The van der Waals surface area contributed by atoms with Gasteiger partial charge in [-0.25, -0.2) is 0 Å². The second-order valence-electron chi connectivity index (χ2n) is 5.07. The van der Waals surface area contributed by atoms with Crippen molar-refractivity contribution in [2.45, 2.75) is 50.0 Å². The van der Waals surface area contributed by atoms with Gasteiger partial charge in [-0.15, -0.1) is 0 Å². The Hall–Kier alpha value is -1.23. The molecule has 1 rings (SSSR count). The summed E-state index contributed by atoms with van der Waals surface area (Å²) in [5, 5.41) is 50.2. The first-order valence-corrected chi connectivity index (χ1v) is 6.08. The molecule has 9 nitrogen and oxygen atoms in total. The quantitative estimate of drug-likeness (QED) is 0.357. The average Bonchev–Trinajstić information content (AvgIpc) is 2.39. The molecule has 0 spiro atoms. The number of carbonyl (C=O) groups is 3. The zero-order chi connectivity index (χ0) is 16.8. The van der Waals surface area contributed by atoms with Crippen molar-refractivity contribution in [3.63, 3.8) is 0 Å². The molecule has 0 saturated carbocycles. The fourth-order valence-electron chi connectivity index (χ4n) is 2.55. The number of ketones is 3. The molecule has 0 aromatic heterocycles. The Morgan fingerprint density at radius 1 is 1.00 bits per heavy atom. The lowest BCUT2D eigenvalue weighted by Gasteiger charge is -2.55. The van der Waals surface area contributed by atoms with Crippen LogP contribution in [0, 0.1) is 0 Å². The molecule has 0 bridgehead atoms. The number of ether oxygens (including phenoxy) is 1. The monoisotopic (exact) mass is 306 g/mol. The number of Topliss-reactive ketones (excluding diaryl/α,β-unsaturated/α-hetero) is 3. The van der Waals surface area contributed by atoms with Gasteiger partial charge in [-0.05, 0) is 13.8 Å². The van der Waals surface area contributed by atoms with Gasteiger partial charge in [0.25, 0.3) is 5.79 Å². The van der Waals surface area contributed by atoms with Gasteiger partial charge in [0, 0.05) is 6.92 Å². The highest BCUT2D eigenvalue weighted by molar-refractivity contribution is 6.04. The zero-order valence-electron chi connectivity index (χ0n) is 11.7. The van der Waals surface area contributed by atoms with Crippen LogP contribution in [0.1, 0.15) is 20.8 Å². The van der Waals surface area contributed by atoms with Gasteiger partial charge in [0.05, 0.1) is 6.61 Å². The molecular formula is C12H18O9. The summed E-state index contributed by atoms with van der Waals surface area (Å²) in [4.78, 5) is 35.2. The average molecular weight is 306 g/mol. The number of aliphatic hydroxyl groups is 5. The van der Waals surface area contributed by atoms with E-state index in [1.165, 1.54) is 0 Å². The Bertz CT molecular complexity index is 489. The molecule has 0 radical (unpaired) electrons. The van der Waals surface area contributed by atoms with Crippen LogP contribution >= 0.6 is 0 Å². The van der Waals surface area contributed by atoms with E-state index in [0.717, 1.165) is 13.8 Å². The van der Waals surface area contributed by atoms with Crippen LogP contribution in [0.2, 0.25) is 0 Å². The van der Waals surface area contributed by atoms with Crippen molar-refractivity contribution in [2.24, 2.45) is 0 Å². The van der Waals surface area contributed by atoms with E-state index < -0.39 is 53.2 Å². The molecule has 0 aromatic carbocycles. The third-order valence-corrected chi connectivity index (χ3v) is 3.85. The van der Waals surface area contributed by atoms with E-state index in [4.69, 9.17) is 9.84 Å². The summed E-state index contributed by atoms with van der Waals surface area (Å²) >= 11 is 0. The van der Waals surface area contributed by atoms with E-state index in [0.29, 0.717) is 6.92 Å². The summed E-state index contributed by atoms with van der Waals surface area (Å²) in [5.74, 6) is -7.24. The van der Waals surface area contributed by atoms with Gasteiger partial charge in [-0.1, -0.05) is 0 Å². The van der Waals surface area contributed by atoms with Gasteiger partial charge in [0.2, 0.25) is 5.60 Å². The summed E-state index contributed by atoms with van der Waals surface area (Å²) in [7, 11) is 0. The molecule has 9 heteroatoms. The summed E-state index contributed by atoms with van der Waals surface area (Å²) in [6.07, 6.45) is -4.01. The fraction of sp³-hybridized carbons (Fsp3) is 0.750. The van der Waals surface area contributed by atoms with Gasteiger partial charge in [-0.3, -0.25) is 14.4 Å². The molecule has 1 fully saturated rings. The zero-order valence-corrected chi connectivity index (χ0v) is 11.7. The van der Waals surface area contributed by atoms with Crippen molar-refractivity contribution in [1.29, 1.82) is 0 Å². The Kier molecular flexibility index (Phi) is 4.41. The van der Waals surface area contributed by atoms with E-state index in [-0.39, 0.29) is 0 Å². The predicted molar refractivity (Wildman–Crippen MR) is 64.9 cm³/mol. The summed E-state index contributed by atoms with van der Waals surface area (Å²) < 4.78 is 4.74. The van der Waals surface area contributed by atoms with Gasteiger partial charge >= 0.3 is 0 Å². The van der Waals surface area contributed by atoms with E-state index in [2.05, 4.69) is 0 Å². The molecule has 5 atom stereocenters. The maximum absolute atomic E-state index is 11.8. The van der Waals surface area contributed by atoms with Crippen LogP contribution in [-0.4, -0.2) is 78.7 Å². The largest absolute Gasteiger partial charge is 0.394 e. The molecule has 1 saturated heterocycles. The maximum Gasteiger partial charge on any atom is 0.267 e. The molecule has 1 aliphatic rings. The summed E-state index contributed by atoms with van der Waals surface area (Å²) in [6, 6.07) is 0. The van der Waals surface area contributed by atoms with Crippen LogP contribution in [0.15, 0.2) is 0 Å². The molecule has 1 aliphatic heterocycles. The number of rotatable bonds is 4. The van der Waals surface area contributed by atoms with Crippen LogP contribution in [0.3, 0.4) is 0 Å². The van der Waals surface area contributed by atoms with Crippen LogP contribution in [0.25, 0.3) is 0 Å². The molecule has 21 heavy (non-hydrogen) atoms. The van der Waals surface area contributed by atoms with Crippen molar-refractivity contribution >= 4 is 17.3 Å². The van der Waals surface area contributed by atoms with Gasteiger partial charge in [0.15, 0.2) is 23.0 Å². The SMILES string of the molecule is CC(=O)C1(O)O[C@H](CO)[C@@H](O)[C@@](O)(C(C)=O)[C@@]1(O)C(C)=O. The van der Waals surface area contributed by atoms with Crippen LogP contribution in [-0.2, 0) is 19.1 Å². The molecule has 1 unspecified atom stereocenters. The normalized spacial score (nSPS) is 43.4.